The summed E-state index contributed by atoms with van der Waals surface area (Å²) in [4.78, 5) is 37.9. The second kappa shape index (κ2) is 12.1. The Kier molecular flexibility index (Phi) is 9.16. The van der Waals surface area contributed by atoms with Gasteiger partial charge in [-0.3, -0.25) is 9.59 Å². The van der Waals surface area contributed by atoms with E-state index in [2.05, 4.69) is 23.3 Å². The Labute approximate surface area is 206 Å². The van der Waals surface area contributed by atoms with Crippen molar-refractivity contribution in [1.29, 1.82) is 0 Å². The van der Waals surface area contributed by atoms with E-state index in [1.165, 1.54) is 0 Å². The predicted octanol–water partition coefficient (Wildman–Crippen LogP) is 4.38. The first-order valence-electron chi connectivity index (χ1n) is 12.0. The number of carbonyl (C=O) groups excluding carboxylic acids is 2. The second-order valence-electron chi connectivity index (χ2n) is 9.07. The highest BCUT2D eigenvalue weighted by Gasteiger charge is 2.44. The fraction of sp³-hybridized carbons (Fsp3) is 0.444. The van der Waals surface area contributed by atoms with Crippen LogP contribution in [0.25, 0.3) is 11.1 Å². The molecule has 0 bridgehead atoms. The number of aliphatic carboxylic acids is 1. The number of carboxylic acids is 1. The molecule has 182 valence electrons. The summed E-state index contributed by atoms with van der Waals surface area (Å²) in [5.41, 5.74) is 1.86. The molecule has 2 aromatic carbocycles. The monoisotopic (exact) mass is 482 g/mol. The third-order valence-corrected chi connectivity index (χ3v) is 6.99. The third kappa shape index (κ3) is 6.63. The van der Waals surface area contributed by atoms with Gasteiger partial charge in [0.2, 0.25) is 11.8 Å². The molecular formula is C27H34N2O4S. The van der Waals surface area contributed by atoms with Crippen molar-refractivity contribution in [2.75, 3.05) is 0 Å². The molecule has 1 aliphatic carbocycles. The molecule has 0 aliphatic heterocycles. The van der Waals surface area contributed by atoms with Gasteiger partial charge >= 0.3 is 5.97 Å². The Morgan fingerprint density at radius 1 is 1.00 bits per heavy atom. The number of thiol groups is 1. The maximum atomic E-state index is 13.3. The van der Waals surface area contributed by atoms with E-state index in [9.17, 15) is 19.5 Å². The standard InChI is InChI=1S/C27H34N2O4S/c1-2-3-11-23(34)24(30)29-27(16-7-8-17-27)26(33)28-22(25(31)32)18-19-12-14-21(15-13-19)20-9-5-4-6-10-20/h4-6,9-10,12-15,22-23,34H,2-3,7-8,11,16-18H2,1H3,(H,28,33)(H,29,30)(H,31,32)/t22-,23-/m1/s1. The zero-order valence-corrected chi connectivity index (χ0v) is 20.5. The molecule has 7 heteroatoms. The summed E-state index contributed by atoms with van der Waals surface area (Å²) < 4.78 is 0. The topological polar surface area (TPSA) is 95.5 Å². The molecule has 2 atom stereocenters. The number of carboxylic acid groups (broad SMARTS) is 1. The van der Waals surface area contributed by atoms with Crippen molar-refractivity contribution in [1.82, 2.24) is 10.6 Å². The maximum Gasteiger partial charge on any atom is 0.326 e. The van der Waals surface area contributed by atoms with Crippen molar-refractivity contribution in [2.45, 2.75) is 75.1 Å². The molecule has 34 heavy (non-hydrogen) atoms. The molecule has 0 radical (unpaired) electrons. The van der Waals surface area contributed by atoms with Crippen LogP contribution in [0.5, 0.6) is 0 Å². The number of hydrogen-bond acceptors (Lipinski definition) is 4. The molecule has 0 spiro atoms. The SMILES string of the molecule is CCCC[C@@H](S)C(=O)NC1(C(=O)N[C@H](Cc2ccc(-c3ccccc3)cc2)C(=O)O)CCCC1. The van der Waals surface area contributed by atoms with Crippen molar-refractivity contribution in [3.8, 4) is 11.1 Å². The average Bonchev–Trinajstić information content (AvgIpc) is 3.32. The number of benzene rings is 2. The third-order valence-electron chi connectivity index (χ3n) is 6.49. The molecular weight excluding hydrogens is 448 g/mol. The van der Waals surface area contributed by atoms with Crippen LogP contribution in [0.1, 0.15) is 57.4 Å². The van der Waals surface area contributed by atoms with Crippen LogP contribution < -0.4 is 10.6 Å². The summed E-state index contributed by atoms with van der Waals surface area (Å²) in [6.45, 7) is 2.05. The summed E-state index contributed by atoms with van der Waals surface area (Å²) in [5.74, 6) is -1.80. The van der Waals surface area contributed by atoms with Crippen molar-refractivity contribution < 1.29 is 19.5 Å². The van der Waals surface area contributed by atoms with E-state index < -0.39 is 28.7 Å². The Bertz CT molecular complexity index is 972. The van der Waals surface area contributed by atoms with Crippen molar-refractivity contribution >= 4 is 30.4 Å². The van der Waals surface area contributed by atoms with Crippen LogP contribution in [0.3, 0.4) is 0 Å². The number of rotatable bonds is 11. The number of unbranched alkanes of at least 4 members (excludes halogenated alkanes) is 1. The zero-order chi connectivity index (χ0) is 24.6. The van der Waals surface area contributed by atoms with Crippen LogP contribution in [0.2, 0.25) is 0 Å². The summed E-state index contributed by atoms with van der Waals surface area (Å²) in [7, 11) is 0. The van der Waals surface area contributed by atoms with Crippen LogP contribution >= 0.6 is 12.6 Å². The van der Waals surface area contributed by atoms with Crippen LogP contribution in [-0.2, 0) is 20.8 Å². The van der Waals surface area contributed by atoms with Gasteiger partial charge in [-0.05, 0) is 36.0 Å². The van der Waals surface area contributed by atoms with Crippen LogP contribution in [0.4, 0.5) is 0 Å². The van der Waals surface area contributed by atoms with E-state index in [1.54, 1.807) is 0 Å². The molecule has 1 aliphatic rings. The molecule has 2 amide bonds. The largest absolute Gasteiger partial charge is 0.480 e. The molecule has 0 unspecified atom stereocenters. The first-order chi connectivity index (χ1) is 16.3. The lowest BCUT2D eigenvalue weighted by Crippen LogP contribution is -2.61. The van der Waals surface area contributed by atoms with Gasteiger partial charge < -0.3 is 15.7 Å². The molecule has 3 rings (SSSR count). The van der Waals surface area contributed by atoms with E-state index >= 15 is 0 Å². The van der Waals surface area contributed by atoms with E-state index in [4.69, 9.17) is 0 Å². The van der Waals surface area contributed by atoms with Gasteiger partial charge in [0.25, 0.3) is 0 Å². The quantitative estimate of drug-likeness (QED) is 0.358. The van der Waals surface area contributed by atoms with Gasteiger partial charge in [0, 0.05) is 6.42 Å². The normalized spacial score (nSPS) is 16.4. The maximum absolute atomic E-state index is 13.3. The van der Waals surface area contributed by atoms with Crippen molar-refractivity contribution in [2.24, 2.45) is 0 Å². The molecule has 1 fully saturated rings. The number of carbonyl (C=O) groups is 3. The van der Waals surface area contributed by atoms with Crippen LogP contribution in [0, 0.1) is 0 Å². The Morgan fingerprint density at radius 2 is 1.62 bits per heavy atom. The second-order valence-corrected chi connectivity index (χ2v) is 9.69. The molecule has 6 nitrogen and oxygen atoms in total. The minimum atomic E-state index is -1.10. The highest BCUT2D eigenvalue weighted by molar-refractivity contribution is 7.81. The Hall–Kier alpha value is -2.80. The van der Waals surface area contributed by atoms with Gasteiger partial charge in [0.05, 0.1) is 5.25 Å². The predicted molar refractivity (Wildman–Crippen MR) is 137 cm³/mol. The number of amides is 2. The highest BCUT2D eigenvalue weighted by Crippen LogP contribution is 2.31. The Morgan fingerprint density at radius 3 is 2.21 bits per heavy atom. The first-order valence-corrected chi connectivity index (χ1v) is 12.5. The summed E-state index contributed by atoms with van der Waals surface area (Å²) >= 11 is 4.40. The molecule has 0 aromatic heterocycles. The van der Waals surface area contributed by atoms with E-state index in [0.717, 1.165) is 42.4 Å². The summed E-state index contributed by atoms with van der Waals surface area (Å²) in [5, 5.41) is 14.9. The molecule has 0 heterocycles. The molecule has 3 N–H and O–H groups in total. The molecule has 1 saturated carbocycles. The van der Waals surface area contributed by atoms with Gasteiger partial charge in [-0.15, -0.1) is 0 Å². The minimum Gasteiger partial charge on any atom is -0.480 e. The van der Waals surface area contributed by atoms with Crippen molar-refractivity contribution in [3.63, 3.8) is 0 Å². The van der Waals surface area contributed by atoms with E-state index in [-0.39, 0.29) is 12.3 Å². The van der Waals surface area contributed by atoms with E-state index in [0.29, 0.717) is 19.3 Å². The van der Waals surface area contributed by atoms with E-state index in [1.807, 2.05) is 61.5 Å². The highest BCUT2D eigenvalue weighted by atomic mass is 32.1. The fourth-order valence-corrected chi connectivity index (χ4v) is 4.68. The lowest BCUT2D eigenvalue weighted by atomic mass is 9.94. The van der Waals surface area contributed by atoms with Gasteiger partial charge in [-0.1, -0.05) is 87.2 Å². The van der Waals surface area contributed by atoms with Gasteiger partial charge in [0.1, 0.15) is 11.6 Å². The van der Waals surface area contributed by atoms with Gasteiger partial charge in [-0.25, -0.2) is 4.79 Å². The first kappa shape index (κ1) is 25.8. The van der Waals surface area contributed by atoms with Crippen molar-refractivity contribution in [3.05, 3.63) is 60.2 Å². The summed E-state index contributed by atoms with van der Waals surface area (Å²) in [6, 6.07) is 16.5. The van der Waals surface area contributed by atoms with Gasteiger partial charge in [0.15, 0.2) is 0 Å². The van der Waals surface area contributed by atoms with Crippen LogP contribution in [0.15, 0.2) is 54.6 Å². The number of hydrogen-bond donors (Lipinski definition) is 4. The zero-order valence-electron chi connectivity index (χ0n) is 19.6. The molecule has 0 saturated heterocycles. The smallest absolute Gasteiger partial charge is 0.326 e. The lowest BCUT2D eigenvalue weighted by Gasteiger charge is -2.31. The lowest BCUT2D eigenvalue weighted by molar-refractivity contribution is -0.143. The molecule has 2 aromatic rings. The Balaban J connectivity index is 1.68. The average molecular weight is 483 g/mol. The van der Waals surface area contributed by atoms with Gasteiger partial charge in [-0.2, -0.15) is 12.6 Å². The summed E-state index contributed by atoms with van der Waals surface area (Å²) in [6.07, 6.45) is 5.24. The fourth-order valence-electron chi connectivity index (χ4n) is 4.43. The minimum absolute atomic E-state index is 0.159. The number of nitrogens with one attached hydrogen (secondary N) is 2. The van der Waals surface area contributed by atoms with Crippen LogP contribution in [-0.4, -0.2) is 39.7 Å².